The third-order valence-corrected chi connectivity index (χ3v) is 5.48. The Hall–Kier alpha value is -1.87. The van der Waals surface area contributed by atoms with Gasteiger partial charge in [0.25, 0.3) is 0 Å². The van der Waals surface area contributed by atoms with Gasteiger partial charge in [-0.1, -0.05) is 25.6 Å². The molecule has 1 fully saturated rings. The topological polar surface area (TPSA) is 85.2 Å². The molecule has 0 radical (unpaired) electrons. The van der Waals surface area contributed by atoms with Crippen LogP contribution in [0.5, 0.6) is 0 Å². The molecule has 2 aromatic rings. The molecule has 8 nitrogen and oxygen atoms in total. The minimum atomic E-state index is 0.0812. The SMILES string of the molecule is CCC(CC)C(=O)NCCn1ncc2c(N3CCOCC3)nc(SC)nc21. The number of anilines is 1. The summed E-state index contributed by atoms with van der Waals surface area (Å²) in [5.41, 5.74) is 0.813. The fourth-order valence-corrected chi connectivity index (χ4v) is 3.64. The summed E-state index contributed by atoms with van der Waals surface area (Å²) >= 11 is 1.52. The van der Waals surface area contributed by atoms with Gasteiger partial charge in [-0.3, -0.25) is 4.79 Å². The van der Waals surface area contributed by atoms with E-state index < -0.39 is 0 Å². The summed E-state index contributed by atoms with van der Waals surface area (Å²) in [5.74, 6) is 1.11. The third kappa shape index (κ3) is 4.52. The van der Waals surface area contributed by atoms with Crippen molar-refractivity contribution in [2.24, 2.45) is 5.92 Å². The predicted molar refractivity (Wildman–Crippen MR) is 107 cm³/mol. The number of carbonyl (C=O) groups excluding carboxylic acids is 1. The smallest absolute Gasteiger partial charge is 0.223 e. The van der Waals surface area contributed by atoms with Crippen molar-refractivity contribution in [2.75, 3.05) is 44.0 Å². The number of thioether (sulfide) groups is 1. The number of carbonyl (C=O) groups is 1. The van der Waals surface area contributed by atoms with Gasteiger partial charge < -0.3 is 15.0 Å². The molecule has 0 spiro atoms. The van der Waals surface area contributed by atoms with Gasteiger partial charge in [0, 0.05) is 25.6 Å². The summed E-state index contributed by atoms with van der Waals surface area (Å²) < 4.78 is 7.31. The van der Waals surface area contributed by atoms with Crippen molar-refractivity contribution in [3.63, 3.8) is 0 Å². The van der Waals surface area contributed by atoms with Crippen LogP contribution in [0.25, 0.3) is 11.0 Å². The highest BCUT2D eigenvalue weighted by atomic mass is 32.2. The van der Waals surface area contributed by atoms with Crippen LogP contribution in [0.15, 0.2) is 11.4 Å². The first kappa shape index (κ1) is 19.9. The van der Waals surface area contributed by atoms with E-state index in [-0.39, 0.29) is 11.8 Å². The van der Waals surface area contributed by atoms with E-state index in [0.717, 1.165) is 47.9 Å². The summed E-state index contributed by atoms with van der Waals surface area (Å²) in [6.07, 6.45) is 5.52. The number of ether oxygens (including phenoxy) is 1. The molecule has 0 saturated carbocycles. The van der Waals surface area contributed by atoms with Gasteiger partial charge >= 0.3 is 0 Å². The highest BCUT2D eigenvalue weighted by Crippen LogP contribution is 2.27. The van der Waals surface area contributed by atoms with E-state index >= 15 is 0 Å². The first-order valence-electron chi connectivity index (χ1n) is 9.55. The molecular weight excluding hydrogens is 364 g/mol. The van der Waals surface area contributed by atoms with Crippen molar-refractivity contribution in [3.05, 3.63) is 6.20 Å². The summed E-state index contributed by atoms with van der Waals surface area (Å²) in [7, 11) is 0. The maximum atomic E-state index is 12.2. The molecule has 0 aromatic carbocycles. The van der Waals surface area contributed by atoms with Crippen LogP contribution < -0.4 is 10.2 Å². The van der Waals surface area contributed by atoms with Crippen LogP contribution >= 0.6 is 11.8 Å². The molecule has 0 bridgehead atoms. The Morgan fingerprint density at radius 1 is 1.30 bits per heavy atom. The number of rotatable bonds is 8. The van der Waals surface area contributed by atoms with E-state index in [9.17, 15) is 4.79 Å². The Morgan fingerprint density at radius 3 is 2.70 bits per heavy atom. The minimum Gasteiger partial charge on any atom is -0.378 e. The first-order valence-corrected chi connectivity index (χ1v) is 10.8. The summed E-state index contributed by atoms with van der Waals surface area (Å²) in [4.78, 5) is 23.8. The summed E-state index contributed by atoms with van der Waals surface area (Å²) in [6.45, 7) is 8.26. The second-order valence-corrected chi connectivity index (χ2v) is 7.32. The average molecular weight is 393 g/mol. The molecule has 1 aliphatic heterocycles. The Labute approximate surface area is 164 Å². The van der Waals surface area contributed by atoms with E-state index in [0.29, 0.717) is 26.3 Å². The van der Waals surface area contributed by atoms with Crippen LogP contribution in [0, 0.1) is 5.92 Å². The molecule has 148 valence electrons. The fourth-order valence-electron chi connectivity index (χ4n) is 3.28. The highest BCUT2D eigenvalue weighted by molar-refractivity contribution is 7.98. The molecule has 1 N–H and O–H groups in total. The largest absolute Gasteiger partial charge is 0.378 e. The lowest BCUT2D eigenvalue weighted by Gasteiger charge is -2.28. The number of nitrogens with zero attached hydrogens (tertiary/aromatic N) is 5. The second kappa shape index (κ2) is 9.36. The maximum absolute atomic E-state index is 12.2. The standard InChI is InChI=1S/C18H28N6O2S/c1-4-13(5-2)17(25)19-6-7-24-16-14(12-20-24)15(21-18(22-16)27-3)23-8-10-26-11-9-23/h12-13H,4-11H2,1-3H3,(H,19,25). The lowest BCUT2D eigenvalue weighted by atomic mass is 10.0. The van der Waals surface area contributed by atoms with Crippen molar-refractivity contribution >= 4 is 34.5 Å². The lowest BCUT2D eigenvalue weighted by Crippen LogP contribution is -2.37. The van der Waals surface area contributed by atoms with Gasteiger partial charge in [0.05, 0.1) is 31.3 Å². The van der Waals surface area contributed by atoms with Gasteiger partial charge in [-0.15, -0.1) is 0 Å². The van der Waals surface area contributed by atoms with Crippen LogP contribution in [0.3, 0.4) is 0 Å². The number of nitrogens with one attached hydrogen (secondary N) is 1. The number of amides is 1. The second-order valence-electron chi connectivity index (χ2n) is 6.54. The van der Waals surface area contributed by atoms with Crippen LogP contribution in [0.4, 0.5) is 5.82 Å². The average Bonchev–Trinajstić information content (AvgIpc) is 3.11. The monoisotopic (exact) mass is 392 g/mol. The minimum absolute atomic E-state index is 0.0812. The fraction of sp³-hybridized carbons (Fsp3) is 0.667. The number of hydrogen-bond acceptors (Lipinski definition) is 7. The van der Waals surface area contributed by atoms with E-state index in [4.69, 9.17) is 9.72 Å². The van der Waals surface area contributed by atoms with Crippen molar-refractivity contribution in [2.45, 2.75) is 38.4 Å². The maximum Gasteiger partial charge on any atom is 0.223 e. The molecule has 3 heterocycles. The normalized spacial score (nSPS) is 14.9. The quantitative estimate of drug-likeness (QED) is 0.543. The van der Waals surface area contributed by atoms with Crippen molar-refractivity contribution in [3.8, 4) is 0 Å². The van der Waals surface area contributed by atoms with E-state index in [1.165, 1.54) is 11.8 Å². The molecule has 3 rings (SSSR count). The molecule has 1 aliphatic rings. The molecule has 0 atom stereocenters. The molecule has 0 unspecified atom stereocenters. The molecule has 2 aromatic heterocycles. The van der Waals surface area contributed by atoms with Crippen LogP contribution in [-0.4, -0.2) is 64.8 Å². The number of hydrogen-bond donors (Lipinski definition) is 1. The zero-order valence-electron chi connectivity index (χ0n) is 16.3. The summed E-state index contributed by atoms with van der Waals surface area (Å²) in [5, 5.41) is 9.20. The molecule has 1 saturated heterocycles. The molecule has 27 heavy (non-hydrogen) atoms. The number of morpholine rings is 1. The van der Waals surface area contributed by atoms with E-state index in [2.05, 4.69) is 20.3 Å². The van der Waals surface area contributed by atoms with Crippen molar-refractivity contribution in [1.82, 2.24) is 25.1 Å². The Bertz CT molecular complexity index is 771. The Balaban J connectivity index is 1.77. The number of aromatic nitrogens is 4. The zero-order chi connectivity index (χ0) is 19.2. The molecule has 9 heteroatoms. The van der Waals surface area contributed by atoms with Crippen LogP contribution in [0.1, 0.15) is 26.7 Å². The van der Waals surface area contributed by atoms with Crippen molar-refractivity contribution in [1.29, 1.82) is 0 Å². The Morgan fingerprint density at radius 2 is 2.04 bits per heavy atom. The third-order valence-electron chi connectivity index (χ3n) is 4.93. The number of fused-ring (bicyclic) bond motifs is 1. The van der Waals surface area contributed by atoms with Crippen LogP contribution in [0.2, 0.25) is 0 Å². The zero-order valence-corrected chi connectivity index (χ0v) is 17.1. The van der Waals surface area contributed by atoms with Crippen LogP contribution in [-0.2, 0) is 16.1 Å². The predicted octanol–water partition coefficient (Wildman–Crippen LogP) is 1.94. The van der Waals surface area contributed by atoms with Gasteiger partial charge in [0.1, 0.15) is 5.82 Å². The van der Waals surface area contributed by atoms with Gasteiger partial charge in [-0.2, -0.15) is 5.10 Å². The molecule has 1 amide bonds. The van der Waals surface area contributed by atoms with Gasteiger partial charge in [-0.05, 0) is 19.1 Å². The Kier molecular flexibility index (Phi) is 6.89. The summed E-state index contributed by atoms with van der Waals surface area (Å²) in [6, 6.07) is 0. The lowest BCUT2D eigenvalue weighted by molar-refractivity contribution is -0.125. The van der Waals surface area contributed by atoms with Gasteiger partial charge in [0.15, 0.2) is 10.8 Å². The highest BCUT2D eigenvalue weighted by Gasteiger charge is 2.20. The van der Waals surface area contributed by atoms with E-state index in [1.807, 2.05) is 31.0 Å². The molecular formula is C18H28N6O2S. The van der Waals surface area contributed by atoms with Gasteiger partial charge in [-0.25, -0.2) is 14.6 Å². The first-order chi connectivity index (χ1) is 13.2. The van der Waals surface area contributed by atoms with Gasteiger partial charge in [0.2, 0.25) is 5.91 Å². The van der Waals surface area contributed by atoms with Crippen molar-refractivity contribution < 1.29 is 9.53 Å². The molecule has 0 aliphatic carbocycles. The van der Waals surface area contributed by atoms with E-state index in [1.54, 1.807) is 0 Å².